The Bertz CT molecular complexity index is 269. The average molecular weight is 213 g/mol. The first-order valence-corrected chi connectivity index (χ1v) is 5.54. The molecule has 2 aliphatic rings. The van der Waals surface area contributed by atoms with E-state index in [-0.39, 0.29) is 24.2 Å². The van der Waals surface area contributed by atoms with E-state index in [0.29, 0.717) is 13.0 Å². The quantitative estimate of drug-likeness (QED) is 0.661. The van der Waals surface area contributed by atoms with Crippen molar-refractivity contribution >= 4 is 6.09 Å². The summed E-state index contributed by atoms with van der Waals surface area (Å²) in [5, 5.41) is 9.57. The third-order valence-electron chi connectivity index (χ3n) is 3.13. The largest absolute Gasteiger partial charge is 0.444 e. The number of likely N-dealkylation sites (tertiary alicyclic amines) is 1. The van der Waals surface area contributed by atoms with E-state index in [1.165, 1.54) is 0 Å². The highest BCUT2D eigenvalue weighted by Gasteiger charge is 2.46. The lowest BCUT2D eigenvalue weighted by atomic mass is 10.1. The van der Waals surface area contributed by atoms with Crippen molar-refractivity contribution in [3.05, 3.63) is 0 Å². The zero-order valence-electron chi connectivity index (χ0n) is 9.56. The number of carbonyl (C=O) groups is 1. The monoisotopic (exact) mass is 213 g/mol. The van der Waals surface area contributed by atoms with E-state index in [4.69, 9.17) is 4.74 Å². The summed E-state index contributed by atoms with van der Waals surface area (Å²) in [7, 11) is 0. The van der Waals surface area contributed by atoms with Crippen molar-refractivity contribution < 1.29 is 14.6 Å². The van der Waals surface area contributed by atoms with Gasteiger partial charge in [-0.1, -0.05) is 0 Å². The minimum absolute atomic E-state index is 0.194. The number of hydrogen-bond acceptors (Lipinski definition) is 3. The molecule has 1 saturated carbocycles. The highest BCUT2D eigenvalue weighted by Crippen LogP contribution is 2.38. The summed E-state index contributed by atoms with van der Waals surface area (Å²) in [6.45, 7) is 6.26. The molecule has 3 atom stereocenters. The van der Waals surface area contributed by atoms with Crippen molar-refractivity contribution in [2.24, 2.45) is 5.92 Å². The molecule has 0 aromatic heterocycles. The third-order valence-corrected chi connectivity index (χ3v) is 3.13. The molecule has 1 saturated heterocycles. The van der Waals surface area contributed by atoms with E-state index in [1.54, 1.807) is 4.90 Å². The fraction of sp³-hybridized carbons (Fsp3) is 0.909. The zero-order valence-corrected chi connectivity index (χ0v) is 9.56. The van der Waals surface area contributed by atoms with Crippen LogP contribution in [0.25, 0.3) is 0 Å². The summed E-state index contributed by atoms with van der Waals surface area (Å²) < 4.78 is 5.31. The number of carbonyl (C=O) groups excluding carboxylic acids is 1. The molecule has 0 spiro atoms. The number of piperidine rings is 1. The standard InChI is InChI=1S/C11H19NO3/c1-11(2,3)15-10(14)12-6-7-4-8(12)5-9(7)13/h7-9,13H,4-6H2,1-3H3/t7-,8-,9+/m0/s1. The maximum atomic E-state index is 11.8. The summed E-state index contributed by atoms with van der Waals surface area (Å²) in [5.74, 6) is 0.266. The maximum Gasteiger partial charge on any atom is 0.410 e. The van der Waals surface area contributed by atoms with E-state index < -0.39 is 5.60 Å². The molecule has 2 bridgehead atoms. The topological polar surface area (TPSA) is 49.8 Å². The summed E-state index contributed by atoms with van der Waals surface area (Å²) in [6, 6.07) is 0.194. The highest BCUT2D eigenvalue weighted by atomic mass is 16.6. The van der Waals surface area contributed by atoms with E-state index >= 15 is 0 Å². The molecule has 1 heterocycles. The predicted molar refractivity (Wildman–Crippen MR) is 55.5 cm³/mol. The van der Waals surface area contributed by atoms with Gasteiger partial charge >= 0.3 is 6.09 Å². The number of hydrogen-bond donors (Lipinski definition) is 1. The molecule has 0 aromatic carbocycles. The molecule has 1 amide bonds. The zero-order chi connectivity index (χ0) is 11.2. The van der Waals surface area contributed by atoms with Crippen molar-refractivity contribution in [1.29, 1.82) is 0 Å². The second-order valence-electron chi connectivity index (χ2n) is 5.59. The van der Waals surface area contributed by atoms with Crippen LogP contribution in [0.15, 0.2) is 0 Å². The number of amides is 1. The van der Waals surface area contributed by atoms with Gasteiger partial charge in [0.25, 0.3) is 0 Å². The van der Waals surface area contributed by atoms with E-state index in [2.05, 4.69) is 0 Å². The first-order valence-electron chi connectivity index (χ1n) is 5.54. The fourth-order valence-corrected chi connectivity index (χ4v) is 2.47. The van der Waals surface area contributed by atoms with Gasteiger partial charge in [-0.3, -0.25) is 0 Å². The molecule has 0 radical (unpaired) electrons. The Balaban J connectivity index is 1.94. The van der Waals surface area contributed by atoms with Crippen LogP contribution in [-0.2, 0) is 4.74 Å². The number of fused-ring (bicyclic) bond motifs is 2. The summed E-state index contributed by atoms with van der Waals surface area (Å²) in [5.41, 5.74) is -0.433. The molecule has 4 nitrogen and oxygen atoms in total. The molecular formula is C11H19NO3. The first-order chi connectivity index (χ1) is 6.87. The van der Waals surface area contributed by atoms with Crippen LogP contribution in [0.4, 0.5) is 4.79 Å². The highest BCUT2D eigenvalue weighted by molar-refractivity contribution is 5.69. The average Bonchev–Trinajstić information content (AvgIpc) is 2.58. The SMILES string of the molecule is CC(C)(C)OC(=O)N1C[C@@H]2C[C@H]1C[C@H]2O. The Morgan fingerprint density at radius 3 is 2.47 bits per heavy atom. The van der Waals surface area contributed by atoms with Gasteiger partial charge in [0.15, 0.2) is 0 Å². The molecule has 1 aliphatic heterocycles. The lowest BCUT2D eigenvalue weighted by Crippen LogP contribution is -2.44. The van der Waals surface area contributed by atoms with Crippen molar-refractivity contribution in [3.8, 4) is 0 Å². The minimum atomic E-state index is -0.433. The van der Waals surface area contributed by atoms with Gasteiger partial charge in [0.05, 0.1) is 6.10 Å². The van der Waals surface area contributed by atoms with Gasteiger partial charge in [-0.15, -0.1) is 0 Å². The van der Waals surface area contributed by atoms with Crippen molar-refractivity contribution in [2.45, 2.75) is 51.4 Å². The molecule has 4 heteroatoms. The molecular weight excluding hydrogens is 194 g/mol. The normalized spacial score (nSPS) is 34.7. The Hall–Kier alpha value is -0.770. The number of aliphatic hydroxyl groups excluding tert-OH is 1. The second-order valence-corrected chi connectivity index (χ2v) is 5.59. The molecule has 0 unspecified atom stereocenters. The predicted octanol–water partition coefficient (Wildman–Crippen LogP) is 1.38. The molecule has 0 aromatic rings. The Kier molecular flexibility index (Phi) is 2.41. The van der Waals surface area contributed by atoms with Crippen LogP contribution in [-0.4, -0.2) is 40.4 Å². The van der Waals surface area contributed by atoms with Crippen LogP contribution < -0.4 is 0 Å². The minimum Gasteiger partial charge on any atom is -0.444 e. The number of nitrogens with zero attached hydrogens (tertiary/aromatic N) is 1. The Labute approximate surface area is 90.2 Å². The van der Waals surface area contributed by atoms with Crippen LogP contribution >= 0.6 is 0 Å². The van der Waals surface area contributed by atoms with E-state index in [1.807, 2.05) is 20.8 Å². The maximum absolute atomic E-state index is 11.8. The van der Waals surface area contributed by atoms with Gasteiger partial charge in [-0.2, -0.15) is 0 Å². The fourth-order valence-electron chi connectivity index (χ4n) is 2.47. The van der Waals surface area contributed by atoms with Crippen molar-refractivity contribution in [1.82, 2.24) is 4.90 Å². The van der Waals surface area contributed by atoms with Gasteiger partial charge in [-0.25, -0.2) is 4.79 Å². The molecule has 15 heavy (non-hydrogen) atoms. The van der Waals surface area contributed by atoms with Crippen molar-refractivity contribution in [3.63, 3.8) is 0 Å². The Morgan fingerprint density at radius 1 is 1.40 bits per heavy atom. The van der Waals surface area contributed by atoms with Crippen molar-refractivity contribution in [2.75, 3.05) is 6.54 Å². The van der Waals surface area contributed by atoms with Crippen LogP contribution in [0.2, 0.25) is 0 Å². The van der Waals surface area contributed by atoms with Gasteiger partial charge < -0.3 is 14.7 Å². The smallest absolute Gasteiger partial charge is 0.410 e. The number of rotatable bonds is 0. The Morgan fingerprint density at radius 2 is 2.07 bits per heavy atom. The van der Waals surface area contributed by atoms with Crippen LogP contribution in [0.3, 0.4) is 0 Å². The summed E-state index contributed by atoms with van der Waals surface area (Å²) in [6.07, 6.45) is 1.19. The van der Waals surface area contributed by atoms with Crippen LogP contribution in [0.1, 0.15) is 33.6 Å². The van der Waals surface area contributed by atoms with Crippen LogP contribution in [0, 0.1) is 5.92 Å². The summed E-state index contributed by atoms with van der Waals surface area (Å²) >= 11 is 0. The molecule has 1 N–H and O–H groups in total. The van der Waals surface area contributed by atoms with Gasteiger partial charge in [0.1, 0.15) is 5.60 Å². The number of ether oxygens (including phenoxy) is 1. The molecule has 86 valence electrons. The van der Waals surface area contributed by atoms with E-state index in [9.17, 15) is 9.90 Å². The first kappa shape index (κ1) is 10.7. The van der Waals surface area contributed by atoms with E-state index in [0.717, 1.165) is 6.42 Å². The summed E-state index contributed by atoms with van der Waals surface area (Å²) in [4.78, 5) is 13.5. The third kappa shape index (κ3) is 2.09. The van der Waals surface area contributed by atoms with Crippen LogP contribution in [0.5, 0.6) is 0 Å². The molecule has 1 aliphatic carbocycles. The second kappa shape index (κ2) is 3.37. The molecule has 2 rings (SSSR count). The molecule has 2 fully saturated rings. The van der Waals surface area contributed by atoms with Gasteiger partial charge in [-0.05, 0) is 33.6 Å². The van der Waals surface area contributed by atoms with Gasteiger partial charge in [0.2, 0.25) is 0 Å². The van der Waals surface area contributed by atoms with Gasteiger partial charge in [0, 0.05) is 18.5 Å². The number of aliphatic hydroxyl groups is 1. The lowest BCUT2D eigenvalue weighted by molar-refractivity contribution is 0.00788. The lowest BCUT2D eigenvalue weighted by Gasteiger charge is -2.31.